The van der Waals surface area contributed by atoms with E-state index in [2.05, 4.69) is 9.47 Å². The van der Waals surface area contributed by atoms with Crippen LogP contribution in [0.3, 0.4) is 0 Å². The molecule has 0 aliphatic rings. The fourth-order valence-electron chi connectivity index (χ4n) is 1.92. The summed E-state index contributed by atoms with van der Waals surface area (Å²) >= 11 is 0. The van der Waals surface area contributed by atoms with Crippen LogP contribution in [0.2, 0.25) is 0 Å². The molecule has 0 heterocycles. The number of nitro groups is 1. The molecule has 7 nitrogen and oxygen atoms in total. The van der Waals surface area contributed by atoms with Crippen LogP contribution >= 0.6 is 0 Å². The van der Waals surface area contributed by atoms with Gasteiger partial charge >= 0.3 is 18.1 Å². The van der Waals surface area contributed by atoms with E-state index in [4.69, 9.17) is 0 Å². The summed E-state index contributed by atoms with van der Waals surface area (Å²) in [6.45, 7) is 2.65. The van der Waals surface area contributed by atoms with Crippen molar-refractivity contribution in [3.63, 3.8) is 0 Å². The normalized spacial score (nSPS) is 11.2. The maximum atomic E-state index is 12.7. The van der Waals surface area contributed by atoms with Gasteiger partial charge in [0.05, 0.1) is 29.3 Å². The molecule has 0 aliphatic heterocycles. The van der Waals surface area contributed by atoms with Crippen molar-refractivity contribution in [3.8, 4) is 0 Å². The molecular weight excluding hydrogens is 335 g/mol. The van der Waals surface area contributed by atoms with Crippen molar-refractivity contribution >= 4 is 17.6 Å². The van der Waals surface area contributed by atoms with Crippen molar-refractivity contribution < 1.29 is 37.2 Å². The van der Waals surface area contributed by atoms with Gasteiger partial charge in [-0.1, -0.05) is 6.07 Å². The van der Waals surface area contributed by atoms with Gasteiger partial charge in [0.25, 0.3) is 5.69 Å². The first-order valence-corrected chi connectivity index (χ1v) is 6.82. The Bertz CT molecular complexity index is 626. The van der Waals surface area contributed by atoms with Crippen LogP contribution in [-0.4, -0.2) is 30.1 Å². The van der Waals surface area contributed by atoms with E-state index in [1.165, 1.54) is 13.8 Å². The van der Waals surface area contributed by atoms with Crippen LogP contribution in [0, 0.1) is 10.1 Å². The number of carbonyl (C=O) groups is 2. The molecule has 0 atom stereocenters. The van der Waals surface area contributed by atoms with Gasteiger partial charge in [-0.3, -0.25) is 19.7 Å². The van der Waals surface area contributed by atoms with E-state index >= 15 is 0 Å². The average Bonchev–Trinajstić information content (AvgIpc) is 2.47. The van der Waals surface area contributed by atoms with E-state index in [1.807, 2.05) is 0 Å². The zero-order chi connectivity index (χ0) is 18.5. The molecular formula is C14H14F3NO6. The van der Waals surface area contributed by atoms with Crippen LogP contribution < -0.4 is 0 Å². The molecule has 0 fully saturated rings. The minimum atomic E-state index is -4.81. The molecule has 0 saturated carbocycles. The summed E-state index contributed by atoms with van der Waals surface area (Å²) in [5.41, 5.74) is -2.81. The summed E-state index contributed by atoms with van der Waals surface area (Å²) in [6, 6.07) is 1.52. The SMILES string of the molecule is CCOC(=O)C(C(=O)OCC)c1ccc(C(F)(F)F)cc1[N+](=O)[O-]. The topological polar surface area (TPSA) is 95.7 Å². The van der Waals surface area contributed by atoms with Crippen molar-refractivity contribution in [2.24, 2.45) is 0 Å². The average molecular weight is 349 g/mol. The molecule has 0 N–H and O–H groups in total. The van der Waals surface area contributed by atoms with Crippen LogP contribution in [0.25, 0.3) is 0 Å². The Balaban J connectivity index is 3.48. The summed E-state index contributed by atoms with van der Waals surface area (Å²) in [4.78, 5) is 33.9. The predicted molar refractivity (Wildman–Crippen MR) is 74.1 cm³/mol. The quantitative estimate of drug-likeness (QED) is 0.339. The second-order valence-electron chi connectivity index (χ2n) is 4.47. The molecule has 132 valence electrons. The Labute approximate surface area is 134 Å². The minimum Gasteiger partial charge on any atom is -0.465 e. The van der Waals surface area contributed by atoms with Crippen LogP contribution in [0.15, 0.2) is 18.2 Å². The van der Waals surface area contributed by atoms with Gasteiger partial charge < -0.3 is 9.47 Å². The maximum absolute atomic E-state index is 12.7. The first-order valence-electron chi connectivity index (χ1n) is 6.82. The van der Waals surface area contributed by atoms with Gasteiger partial charge in [0, 0.05) is 6.07 Å². The number of rotatable bonds is 6. The molecule has 24 heavy (non-hydrogen) atoms. The molecule has 0 radical (unpaired) electrons. The smallest absolute Gasteiger partial charge is 0.416 e. The number of carbonyl (C=O) groups excluding carboxylic acids is 2. The van der Waals surface area contributed by atoms with Crippen molar-refractivity contribution in [2.45, 2.75) is 25.9 Å². The van der Waals surface area contributed by atoms with E-state index in [9.17, 15) is 32.9 Å². The number of hydrogen-bond acceptors (Lipinski definition) is 6. The van der Waals surface area contributed by atoms with E-state index in [-0.39, 0.29) is 19.3 Å². The monoisotopic (exact) mass is 349 g/mol. The van der Waals surface area contributed by atoms with Crippen LogP contribution in [-0.2, 0) is 25.2 Å². The number of esters is 2. The Kier molecular flexibility index (Phi) is 6.27. The third-order valence-corrected chi connectivity index (χ3v) is 2.91. The van der Waals surface area contributed by atoms with Crippen LogP contribution in [0.4, 0.5) is 18.9 Å². The molecule has 0 aromatic heterocycles. The molecule has 1 aromatic carbocycles. The highest BCUT2D eigenvalue weighted by molar-refractivity contribution is 6.01. The molecule has 1 aromatic rings. The van der Waals surface area contributed by atoms with Gasteiger partial charge in [-0.25, -0.2) is 0 Å². The number of nitrogens with zero attached hydrogens (tertiary/aromatic N) is 1. The standard InChI is InChI=1S/C14H14F3NO6/c1-3-23-12(19)11(13(20)24-4-2)9-6-5-8(14(15,16)17)7-10(9)18(21)22/h5-7,11H,3-4H2,1-2H3. The van der Waals surface area contributed by atoms with Crippen molar-refractivity contribution in [1.82, 2.24) is 0 Å². The number of ether oxygens (including phenoxy) is 2. The first-order chi connectivity index (χ1) is 11.1. The molecule has 10 heteroatoms. The van der Waals surface area contributed by atoms with E-state index in [1.54, 1.807) is 0 Å². The second kappa shape index (κ2) is 7.75. The lowest BCUT2D eigenvalue weighted by Crippen LogP contribution is -2.27. The number of benzene rings is 1. The first kappa shape index (κ1) is 19.4. The second-order valence-corrected chi connectivity index (χ2v) is 4.47. The third kappa shape index (κ3) is 4.43. The van der Waals surface area contributed by atoms with Crippen molar-refractivity contribution in [2.75, 3.05) is 13.2 Å². The molecule has 0 unspecified atom stereocenters. The fourth-order valence-corrected chi connectivity index (χ4v) is 1.92. The highest BCUT2D eigenvalue weighted by Gasteiger charge is 2.39. The van der Waals surface area contributed by atoms with Gasteiger partial charge in [-0.15, -0.1) is 0 Å². The molecule has 0 amide bonds. The number of alkyl halides is 3. The van der Waals surface area contributed by atoms with Gasteiger partial charge in [-0.05, 0) is 19.9 Å². The van der Waals surface area contributed by atoms with Gasteiger partial charge in [0.15, 0.2) is 5.92 Å². The largest absolute Gasteiger partial charge is 0.465 e. The lowest BCUT2D eigenvalue weighted by Gasteiger charge is -2.16. The fraction of sp³-hybridized carbons (Fsp3) is 0.429. The Morgan fingerprint density at radius 3 is 2.04 bits per heavy atom. The zero-order valence-electron chi connectivity index (χ0n) is 12.8. The molecule has 1 rings (SSSR count). The molecule has 0 aliphatic carbocycles. The number of nitro benzene ring substituents is 1. The minimum absolute atomic E-state index is 0.122. The van der Waals surface area contributed by atoms with Gasteiger partial charge in [-0.2, -0.15) is 13.2 Å². The summed E-state index contributed by atoms with van der Waals surface area (Å²) in [7, 11) is 0. The van der Waals surface area contributed by atoms with Crippen molar-refractivity contribution in [1.29, 1.82) is 0 Å². The summed E-state index contributed by atoms with van der Waals surface area (Å²) in [6.07, 6.45) is -4.81. The lowest BCUT2D eigenvalue weighted by molar-refractivity contribution is -0.385. The molecule has 0 spiro atoms. The van der Waals surface area contributed by atoms with E-state index in [0.717, 1.165) is 0 Å². The molecule has 0 saturated heterocycles. The lowest BCUT2D eigenvalue weighted by atomic mass is 9.95. The highest BCUT2D eigenvalue weighted by Crippen LogP contribution is 2.36. The van der Waals surface area contributed by atoms with Crippen LogP contribution in [0.1, 0.15) is 30.9 Å². The number of halogens is 3. The van der Waals surface area contributed by atoms with Gasteiger partial charge in [0.1, 0.15) is 0 Å². The molecule has 0 bridgehead atoms. The summed E-state index contributed by atoms with van der Waals surface area (Å²) < 4.78 is 47.5. The summed E-state index contributed by atoms with van der Waals surface area (Å²) in [5, 5.41) is 11.1. The third-order valence-electron chi connectivity index (χ3n) is 2.91. The predicted octanol–water partition coefficient (Wildman–Crippen LogP) is 2.82. The van der Waals surface area contributed by atoms with Gasteiger partial charge in [0.2, 0.25) is 0 Å². The number of hydrogen-bond donors (Lipinski definition) is 0. The zero-order valence-corrected chi connectivity index (χ0v) is 12.8. The Hall–Kier alpha value is -2.65. The summed E-state index contributed by atoms with van der Waals surface area (Å²) in [5.74, 6) is -4.12. The van der Waals surface area contributed by atoms with Crippen molar-refractivity contribution in [3.05, 3.63) is 39.4 Å². The highest BCUT2D eigenvalue weighted by atomic mass is 19.4. The van der Waals surface area contributed by atoms with E-state index in [0.29, 0.717) is 12.1 Å². The Morgan fingerprint density at radius 2 is 1.67 bits per heavy atom. The maximum Gasteiger partial charge on any atom is 0.416 e. The Morgan fingerprint density at radius 1 is 1.17 bits per heavy atom. The van der Waals surface area contributed by atoms with Crippen LogP contribution in [0.5, 0.6) is 0 Å². The van der Waals surface area contributed by atoms with E-state index < -0.39 is 45.8 Å².